The summed E-state index contributed by atoms with van der Waals surface area (Å²) in [6.45, 7) is 3.90. The van der Waals surface area contributed by atoms with Gasteiger partial charge in [-0.05, 0) is 80.0 Å². The van der Waals surface area contributed by atoms with Gasteiger partial charge >= 0.3 is 5.63 Å². The Balaban J connectivity index is 1.42. The second-order valence-electron chi connectivity index (χ2n) is 8.19. The number of rotatable bonds is 7. The van der Waals surface area contributed by atoms with Gasteiger partial charge in [0.05, 0.1) is 11.3 Å². The SMILES string of the molecule is O=c1oc2ccccc2c(Nc2ccc(OCCN3CCCC3)cc2)c1-c1ccc(F)cc1. The van der Waals surface area contributed by atoms with E-state index < -0.39 is 5.63 Å². The molecule has 1 N–H and O–H groups in total. The van der Waals surface area contributed by atoms with Gasteiger partial charge in [0.2, 0.25) is 0 Å². The minimum atomic E-state index is -0.482. The van der Waals surface area contributed by atoms with Gasteiger partial charge in [0.25, 0.3) is 0 Å². The molecule has 0 saturated carbocycles. The van der Waals surface area contributed by atoms with Crippen LogP contribution in [0.4, 0.5) is 15.8 Å². The maximum absolute atomic E-state index is 13.5. The third kappa shape index (κ3) is 4.76. The zero-order valence-corrected chi connectivity index (χ0v) is 18.2. The third-order valence-electron chi connectivity index (χ3n) is 5.94. The van der Waals surface area contributed by atoms with Crippen molar-refractivity contribution in [1.82, 2.24) is 4.90 Å². The zero-order valence-electron chi connectivity index (χ0n) is 18.2. The third-order valence-corrected chi connectivity index (χ3v) is 5.94. The molecule has 1 saturated heterocycles. The molecule has 0 bridgehead atoms. The zero-order chi connectivity index (χ0) is 22.6. The number of hydrogen-bond donors (Lipinski definition) is 1. The largest absolute Gasteiger partial charge is 0.492 e. The fraction of sp³-hybridized carbons (Fsp3) is 0.222. The molecule has 4 aromatic rings. The maximum Gasteiger partial charge on any atom is 0.346 e. The second-order valence-corrected chi connectivity index (χ2v) is 8.19. The minimum Gasteiger partial charge on any atom is -0.492 e. The van der Waals surface area contributed by atoms with Crippen molar-refractivity contribution in [2.75, 3.05) is 31.6 Å². The lowest BCUT2D eigenvalue weighted by Gasteiger charge is -2.16. The topological polar surface area (TPSA) is 54.7 Å². The summed E-state index contributed by atoms with van der Waals surface area (Å²) < 4.78 is 24.9. The van der Waals surface area contributed by atoms with Crippen molar-refractivity contribution in [2.45, 2.75) is 12.8 Å². The molecule has 5 rings (SSSR count). The number of para-hydroxylation sites is 1. The van der Waals surface area contributed by atoms with Crippen molar-refractivity contribution >= 4 is 22.3 Å². The molecule has 1 aromatic heterocycles. The van der Waals surface area contributed by atoms with Crippen LogP contribution >= 0.6 is 0 Å². The number of benzene rings is 3. The van der Waals surface area contributed by atoms with Crippen molar-refractivity contribution in [1.29, 1.82) is 0 Å². The minimum absolute atomic E-state index is 0.361. The summed E-state index contributed by atoms with van der Waals surface area (Å²) in [6.07, 6.45) is 2.54. The van der Waals surface area contributed by atoms with Crippen molar-refractivity contribution in [3.63, 3.8) is 0 Å². The van der Waals surface area contributed by atoms with Gasteiger partial charge in [0, 0.05) is 17.6 Å². The van der Waals surface area contributed by atoms with Crippen LogP contribution in [0.1, 0.15) is 12.8 Å². The highest BCUT2D eigenvalue weighted by Crippen LogP contribution is 2.34. The molecule has 1 aliphatic heterocycles. The van der Waals surface area contributed by atoms with Crippen LogP contribution in [0.3, 0.4) is 0 Å². The van der Waals surface area contributed by atoms with E-state index in [-0.39, 0.29) is 5.82 Å². The average molecular weight is 445 g/mol. The molecule has 6 heteroatoms. The Kier molecular flexibility index (Phi) is 6.09. The van der Waals surface area contributed by atoms with Crippen LogP contribution < -0.4 is 15.7 Å². The van der Waals surface area contributed by atoms with Gasteiger partial charge in [-0.25, -0.2) is 9.18 Å². The van der Waals surface area contributed by atoms with E-state index in [2.05, 4.69) is 10.2 Å². The average Bonchev–Trinajstić information content (AvgIpc) is 3.35. The van der Waals surface area contributed by atoms with Gasteiger partial charge in [-0.3, -0.25) is 4.90 Å². The lowest BCUT2D eigenvalue weighted by atomic mass is 10.0. The van der Waals surface area contributed by atoms with Crippen molar-refractivity contribution in [3.8, 4) is 16.9 Å². The highest BCUT2D eigenvalue weighted by Gasteiger charge is 2.17. The Morgan fingerprint density at radius 1 is 0.939 bits per heavy atom. The van der Waals surface area contributed by atoms with Crippen LogP contribution in [0.5, 0.6) is 5.75 Å². The summed E-state index contributed by atoms with van der Waals surface area (Å²) in [4.78, 5) is 15.3. The Bertz CT molecular complexity index is 1290. The Hall–Kier alpha value is -3.64. The van der Waals surface area contributed by atoms with E-state index in [9.17, 15) is 9.18 Å². The van der Waals surface area contributed by atoms with Gasteiger partial charge < -0.3 is 14.5 Å². The van der Waals surface area contributed by atoms with Crippen LogP contribution in [-0.4, -0.2) is 31.1 Å². The van der Waals surface area contributed by atoms with E-state index in [1.807, 2.05) is 42.5 Å². The molecule has 0 aliphatic carbocycles. The number of anilines is 2. The number of ether oxygens (including phenoxy) is 1. The summed E-state index contributed by atoms with van der Waals surface area (Å²) in [5, 5.41) is 4.15. The molecule has 0 amide bonds. The predicted molar refractivity (Wildman–Crippen MR) is 129 cm³/mol. The van der Waals surface area contributed by atoms with Crippen LogP contribution in [0.2, 0.25) is 0 Å². The van der Waals surface area contributed by atoms with Crippen molar-refractivity contribution in [3.05, 3.63) is 89.0 Å². The normalized spacial score (nSPS) is 14.0. The molecule has 3 aromatic carbocycles. The van der Waals surface area contributed by atoms with Gasteiger partial charge in [-0.1, -0.05) is 24.3 Å². The first kappa shape index (κ1) is 21.2. The number of nitrogens with one attached hydrogen (secondary N) is 1. The van der Waals surface area contributed by atoms with Crippen LogP contribution in [0, 0.1) is 5.82 Å². The first-order chi connectivity index (χ1) is 16.2. The fourth-order valence-electron chi connectivity index (χ4n) is 4.24. The van der Waals surface area contributed by atoms with E-state index in [1.54, 1.807) is 18.2 Å². The van der Waals surface area contributed by atoms with Crippen LogP contribution in [-0.2, 0) is 0 Å². The van der Waals surface area contributed by atoms with E-state index in [4.69, 9.17) is 9.15 Å². The van der Waals surface area contributed by atoms with E-state index in [0.717, 1.165) is 36.5 Å². The first-order valence-corrected chi connectivity index (χ1v) is 11.2. The highest BCUT2D eigenvalue weighted by atomic mass is 19.1. The van der Waals surface area contributed by atoms with Gasteiger partial charge in [-0.15, -0.1) is 0 Å². The molecular weight excluding hydrogens is 419 g/mol. The molecule has 1 aliphatic rings. The smallest absolute Gasteiger partial charge is 0.346 e. The maximum atomic E-state index is 13.5. The number of hydrogen-bond acceptors (Lipinski definition) is 5. The highest BCUT2D eigenvalue weighted by molar-refractivity contribution is 5.99. The molecule has 1 fully saturated rings. The van der Waals surface area contributed by atoms with Gasteiger partial charge in [0.1, 0.15) is 23.8 Å². The van der Waals surface area contributed by atoms with E-state index in [0.29, 0.717) is 29.0 Å². The molecule has 168 valence electrons. The number of halogens is 1. The molecule has 5 nitrogen and oxygen atoms in total. The first-order valence-electron chi connectivity index (χ1n) is 11.2. The molecular formula is C27H25FN2O3. The number of fused-ring (bicyclic) bond motifs is 1. The van der Waals surface area contributed by atoms with E-state index >= 15 is 0 Å². The second kappa shape index (κ2) is 9.46. The molecule has 0 atom stereocenters. The standard InChI is InChI=1S/C27H25FN2O3/c28-20-9-7-19(8-10-20)25-26(23-5-1-2-6-24(23)33-27(25)31)29-21-11-13-22(14-12-21)32-18-17-30-15-3-4-16-30/h1-2,5-14,29H,3-4,15-18H2. The number of likely N-dealkylation sites (tertiary alicyclic amines) is 1. The molecule has 0 radical (unpaired) electrons. The van der Waals surface area contributed by atoms with Crippen molar-refractivity contribution < 1.29 is 13.5 Å². The summed E-state index contributed by atoms with van der Waals surface area (Å²) >= 11 is 0. The molecule has 2 heterocycles. The molecule has 33 heavy (non-hydrogen) atoms. The molecule has 0 spiro atoms. The lowest BCUT2D eigenvalue weighted by Crippen LogP contribution is -2.25. The predicted octanol–water partition coefficient (Wildman–Crippen LogP) is 5.82. The quantitative estimate of drug-likeness (QED) is 0.364. The Morgan fingerprint density at radius 2 is 1.67 bits per heavy atom. The summed E-state index contributed by atoms with van der Waals surface area (Å²) in [7, 11) is 0. The number of nitrogens with zero attached hydrogens (tertiary/aromatic N) is 1. The summed E-state index contributed by atoms with van der Waals surface area (Å²) in [5.74, 6) is 0.440. The van der Waals surface area contributed by atoms with Gasteiger partial charge in [0.15, 0.2) is 0 Å². The van der Waals surface area contributed by atoms with Gasteiger partial charge in [-0.2, -0.15) is 0 Å². The monoisotopic (exact) mass is 444 g/mol. The molecule has 0 unspecified atom stereocenters. The van der Waals surface area contributed by atoms with Crippen molar-refractivity contribution in [2.24, 2.45) is 0 Å². The fourth-order valence-corrected chi connectivity index (χ4v) is 4.24. The summed E-state index contributed by atoms with van der Waals surface area (Å²) in [5.41, 5.74) is 2.37. The Morgan fingerprint density at radius 3 is 2.42 bits per heavy atom. The van der Waals surface area contributed by atoms with Crippen LogP contribution in [0.25, 0.3) is 22.1 Å². The Labute approximate surface area is 191 Å². The lowest BCUT2D eigenvalue weighted by molar-refractivity contribution is 0.238. The van der Waals surface area contributed by atoms with E-state index in [1.165, 1.54) is 25.0 Å². The van der Waals surface area contributed by atoms with Crippen LogP contribution in [0.15, 0.2) is 82.0 Å². The summed E-state index contributed by atoms with van der Waals surface area (Å²) in [6, 6.07) is 20.9.